The Balaban J connectivity index is 1.45. The highest BCUT2D eigenvalue weighted by molar-refractivity contribution is 7.71. The van der Waals surface area contributed by atoms with Crippen molar-refractivity contribution in [2.45, 2.75) is 20.5 Å². The van der Waals surface area contributed by atoms with Gasteiger partial charge in [0, 0.05) is 18.5 Å². The van der Waals surface area contributed by atoms with Gasteiger partial charge in [-0.15, -0.1) is 0 Å². The number of nitrogens with one attached hydrogen (secondary N) is 2. The number of quaternary nitrogens is 1. The predicted octanol–water partition coefficient (Wildman–Crippen LogP) is 1.80. The molecule has 0 atom stereocenters. The number of pyridine rings is 1. The lowest BCUT2D eigenvalue weighted by Gasteiger charge is -2.28. The molecular formula is C21H27N5S+2. The van der Waals surface area contributed by atoms with Gasteiger partial charge in [0.05, 0.1) is 11.9 Å². The van der Waals surface area contributed by atoms with Crippen LogP contribution in [0.1, 0.15) is 11.1 Å². The summed E-state index contributed by atoms with van der Waals surface area (Å²) in [4.78, 5) is 7.32. The number of benzene rings is 1. The summed E-state index contributed by atoms with van der Waals surface area (Å²) in [6.45, 7) is 9.56. The Morgan fingerprint density at radius 1 is 1.04 bits per heavy atom. The van der Waals surface area contributed by atoms with Gasteiger partial charge in [-0.25, -0.2) is 4.98 Å². The molecule has 0 unspecified atom stereocenters. The molecule has 2 N–H and O–H groups in total. The summed E-state index contributed by atoms with van der Waals surface area (Å²) in [7, 11) is 0. The zero-order valence-electron chi connectivity index (χ0n) is 16.0. The molecule has 4 rings (SSSR count). The fourth-order valence-corrected chi connectivity index (χ4v) is 4.04. The number of aromatic amines is 1. The predicted molar refractivity (Wildman–Crippen MR) is 110 cm³/mol. The maximum Gasteiger partial charge on any atom is 0.274 e. The van der Waals surface area contributed by atoms with Crippen molar-refractivity contribution in [2.75, 3.05) is 31.1 Å². The standard InChI is InChI=1S/C21H25N5S/c1-17-6-5-7-19(18(17)2)26-15-14-25(21(26)27)16-23-10-12-24(13-11-23)20-8-3-4-9-22-20/h3-9,14-15H,10-13,16H2,1-2H3/p+2. The van der Waals surface area contributed by atoms with Crippen molar-refractivity contribution < 1.29 is 9.88 Å². The third-order valence-electron chi connectivity index (χ3n) is 5.58. The molecule has 0 radical (unpaired) electrons. The average Bonchev–Trinajstić information content (AvgIpc) is 3.05. The van der Waals surface area contributed by atoms with Crippen LogP contribution in [0, 0.1) is 18.6 Å². The van der Waals surface area contributed by atoms with E-state index in [2.05, 4.69) is 75.6 Å². The van der Waals surface area contributed by atoms with Crippen LogP contribution in [0.25, 0.3) is 5.69 Å². The van der Waals surface area contributed by atoms with Gasteiger partial charge in [-0.3, -0.25) is 14.0 Å². The van der Waals surface area contributed by atoms with Crippen molar-refractivity contribution in [3.05, 3.63) is 70.9 Å². The Morgan fingerprint density at radius 3 is 2.59 bits per heavy atom. The first-order valence-corrected chi connectivity index (χ1v) is 9.94. The van der Waals surface area contributed by atoms with Gasteiger partial charge in [-0.05, 0) is 49.3 Å². The molecule has 3 aromatic rings. The van der Waals surface area contributed by atoms with E-state index in [-0.39, 0.29) is 0 Å². The molecule has 27 heavy (non-hydrogen) atoms. The number of H-pyrrole nitrogens is 1. The first-order chi connectivity index (χ1) is 13.1. The molecule has 1 aliphatic rings. The molecule has 6 heteroatoms. The van der Waals surface area contributed by atoms with E-state index in [0.29, 0.717) is 0 Å². The molecule has 0 amide bonds. The molecule has 1 saturated heterocycles. The van der Waals surface area contributed by atoms with Crippen LogP contribution in [0.4, 0.5) is 5.82 Å². The second-order valence-corrected chi connectivity index (χ2v) is 7.65. The van der Waals surface area contributed by atoms with Crippen molar-refractivity contribution >= 4 is 18.0 Å². The third-order valence-corrected chi connectivity index (χ3v) is 6.01. The van der Waals surface area contributed by atoms with E-state index in [4.69, 9.17) is 12.2 Å². The summed E-state index contributed by atoms with van der Waals surface area (Å²) in [5.41, 5.74) is 3.76. The maximum absolute atomic E-state index is 5.78. The number of piperazine rings is 1. The highest BCUT2D eigenvalue weighted by atomic mass is 32.1. The second kappa shape index (κ2) is 7.66. The van der Waals surface area contributed by atoms with Crippen LogP contribution in [0.5, 0.6) is 0 Å². The number of hydrogen-bond acceptors (Lipinski definition) is 2. The molecule has 5 nitrogen and oxygen atoms in total. The van der Waals surface area contributed by atoms with Gasteiger partial charge in [-0.1, -0.05) is 18.2 Å². The summed E-state index contributed by atoms with van der Waals surface area (Å²) < 4.78 is 5.21. The van der Waals surface area contributed by atoms with Crippen LogP contribution in [0.3, 0.4) is 0 Å². The smallest absolute Gasteiger partial charge is 0.274 e. The van der Waals surface area contributed by atoms with Crippen molar-refractivity contribution in [3.63, 3.8) is 0 Å². The number of imidazole rings is 1. The summed E-state index contributed by atoms with van der Waals surface area (Å²) in [6.07, 6.45) is 6.21. The van der Waals surface area contributed by atoms with Gasteiger partial charge >= 0.3 is 0 Å². The van der Waals surface area contributed by atoms with E-state index in [1.807, 2.05) is 12.3 Å². The highest BCUT2D eigenvalue weighted by Gasteiger charge is 2.26. The van der Waals surface area contributed by atoms with E-state index in [1.165, 1.54) is 22.6 Å². The Kier molecular flexibility index (Phi) is 5.09. The maximum atomic E-state index is 5.78. The Morgan fingerprint density at radius 2 is 1.85 bits per heavy atom. The quantitative estimate of drug-likeness (QED) is 0.699. The zero-order chi connectivity index (χ0) is 18.8. The molecule has 3 heterocycles. The number of aromatic nitrogens is 3. The van der Waals surface area contributed by atoms with Gasteiger partial charge in [0.1, 0.15) is 26.2 Å². The van der Waals surface area contributed by atoms with Crippen LogP contribution in [0.15, 0.2) is 55.0 Å². The van der Waals surface area contributed by atoms with Gasteiger partial charge in [0.2, 0.25) is 0 Å². The summed E-state index contributed by atoms with van der Waals surface area (Å²) in [5.74, 6) is 1.20. The largest absolute Gasteiger partial charge is 0.311 e. The fourth-order valence-electron chi connectivity index (χ4n) is 3.76. The lowest BCUT2D eigenvalue weighted by atomic mass is 10.1. The second-order valence-electron chi connectivity index (χ2n) is 7.28. The van der Waals surface area contributed by atoms with Gasteiger partial charge in [0.15, 0.2) is 11.4 Å². The van der Waals surface area contributed by atoms with Crippen LogP contribution < -0.4 is 14.8 Å². The van der Waals surface area contributed by atoms with E-state index in [1.54, 1.807) is 4.90 Å². The van der Waals surface area contributed by atoms with Crippen LogP contribution in [0.2, 0.25) is 0 Å². The molecule has 0 spiro atoms. The first-order valence-electron chi connectivity index (χ1n) is 9.53. The minimum atomic E-state index is 0.870. The SMILES string of the molecule is Cc1cccc(-n2ccn(C[NH+]3CCN(c4cccc[nH+]4)CC3)c2=S)c1C. The summed E-state index contributed by atoms with van der Waals surface area (Å²) in [5, 5.41) is 0. The highest BCUT2D eigenvalue weighted by Crippen LogP contribution is 2.18. The third kappa shape index (κ3) is 3.68. The van der Waals surface area contributed by atoms with E-state index < -0.39 is 0 Å². The lowest BCUT2D eigenvalue weighted by molar-refractivity contribution is -0.923. The molecule has 140 valence electrons. The first kappa shape index (κ1) is 17.9. The van der Waals surface area contributed by atoms with E-state index in [9.17, 15) is 0 Å². The normalized spacial score (nSPS) is 15.3. The minimum absolute atomic E-state index is 0.870. The Bertz CT molecular complexity index is 968. The van der Waals surface area contributed by atoms with Crippen molar-refractivity contribution in [1.82, 2.24) is 9.13 Å². The molecular weight excluding hydrogens is 354 g/mol. The number of hydrogen-bond donors (Lipinski definition) is 1. The van der Waals surface area contributed by atoms with Gasteiger partial charge in [0.25, 0.3) is 5.82 Å². The number of aryl methyl sites for hydroxylation is 1. The van der Waals surface area contributed by atoms with E-state index in [0.717, 1.165) is 37.6 Å². The molecule has 0 saturated carbocycles. The van der Waals surface area contributed by atoms with Crippen molar-refractivity contribution in [2.24, 2.45) is 0 Å². The zero-order valence-corrected chi connectivity index (χ0v) is 16.8. The molecule has 1 fully saturated rings. The topological polar surface area (TPSA) is 31.7 Å². The molecule has 1 aliphatic heterocycles. The number of nitrogens with zero attached hydrogens (tertiary/aromatic N) is 3. The molecule has 2 aromatic heterocycles. The molecule has 0 aliphatic carbocycles. The van der Waals surface area contributed by atoms with Gasteiger partial charge in [-0.2, -0.15) is 0 Å². The Hall–Kier alpha value is -2.44. The van der Waals surface area contributed by atoms with E-state index >= 15 is 0 Å². The number of anilines is 1. The monoisotopic (exact) mass is 381 g/mol. The average molecular weight is 382 g/mol. The van der Waals surface area contributed by atoms with Crippen molar-refractivity contribution in [1.29, 1.82) is 0 Å². The van der Waals surface area contributed by atoms with Crippen molar-refractivity contribution in [3.8, 4) is 5.69 Å². The summed E-state index contributed by atoms with van der Waals surface area (Å²) >= 11 is 5.78. The molecule has 1 aromatic carbocycles. The van der Waals surface area contributed by atoms with Crippen LogP contribution in [-0.4, -0.2) is 35.3 Å². The van der Waals surface area contributed by atoms with Gasteiger partial charge < -0.3 is 4.90 Å². The summed E-state index contributed by atoms with van der Waals surface area (Å²) in [6, 6.07) is 12.6. The van der Waals surface area contributed by atoms with Crippen LogP contribution in [-0.2, 0) is 6.67 Å². The van der Waals surface area contributed by atoms with Crippen LogP contribution >= 0.6 is 12.2 Å². The number of rotatable bonds is 4. The Labute approximate surface area is 165 Å². The molecule has 0 bridgehead atoms. The lowest BCUT2D eigenvalue weighted by Crippen LogP contribution is -3.14. The minimum Gasteiger partial charge on any atom is -0.311 e. The fraction of sp³-hybridized carbons (Fsp3) is 0.333.